The van der Waals surface area contributed by atoms with Crippen LogP contribution in [0.15, 0.2) is 64.1 Å². The number of hydrogen-bond acceptors (Lipinski definition) is 3. The standard InChI is InChI=1S/C20H19FN4O/c1-25(2)20(22)23-19-13-16(26-24-19)10-8-14-9-11-17(18(21)12-14)15-6-4-3-5-7-15/h3-13H,1-2H3,(H2,22,23,24). The second kappa shape index (κ2) is 7.65. The number of rotatable bonds is 4. The maximum atomic E-state index is 14.4. The Morgan fingerprint density at radius 3 is 2.58 bits per heavy atom. The minimum Gasteiger partial charge on any atom is -0.369 e. The number of guanidine groups is 1. The molecule has 0 saturated heterocycles. The minimum atomic E-state index is -0.278. The van der Waals surface area contributed by atoms with Crippen LogP contribution < -0.4 is 5.73 Å². The summed E-state index contributed by atoms with van der Waals surface area (Å²) in [5.41, 5.74) is 7.87. The summed E-state index contributed by atoms with van der Waals surface area (Å²) in [4.78, 5) is 5.78. The molecule has 0 amide bonds. The van der Waals surface area contributed by atoms with Gasteiger partial charge in [-0.25, -0.2) is 4.39 Å². The van der Waals surface area contributed by atoms with Crippen LogP contribution in [-0.4, -0.2) is 30.1 Å². The van der Waals surface area contributed by atoms with E-state index < -0.39 is 0 Å². The second-order valence-electron chi connectivity index (χ2n) is 5.89. The Balaban J connectivity index is 1.76. The topological polar surface area (TPSA) is 67.7 Å². The van der Waals surface area contributed by atoms with E-state index in [2.05, 4.69) is 10.1 Å². The van der Waals surface area contributed by atoms with Crippen molar-refractivity contribution in [3.63, 3.8) is 0 Å². The van der Waals surface area contributed by atoms with Gasteiger partial charge < -0.3 is 15.2 Å². The largest absolute Gasteiger partial charge is 0.369 e. The van der Waals surface area contributed by atoms with Gasteiger partial charge in [-0.1, -0.05) is 53.7 Å². The van der Waals surface area contributed by atoms with E-state index in [1.807, 2.05) is 36.4 Å². The van der Waals surface area contributed by atoms with Crippen molar-refractivity contribution in [1.82, 2.24) is 10.1 Å². The third-order valence-electron chi connectivity index (χ3n) is 3.72. The van der Waals surface area contributed by atoms with E-state index in [0.717, 1.165) is 11.1 Å². The second-order valence-corrected chi connectivity index (χ2v) is 5.89. The van der Waals surface area contributed by atoms with Crippen LogP contribution >= 0.6 is 0 Å². The van der Waals surface area contributed by atoms with Crippen molar-refractivity contribution in [3.8, 4) is 11.1 Å². The van der Waals surface area contributed by atoms with Crippen LogP contribution in [0.3, 0.4) is 0 Å². The zero-order valence-electron chi connectivity index (χ0n) is 14.6. The maximum Gasteiger partial charge on any atom is 0.199 e. The molecule has 1 heterocycles. The summed E-state index contributed by atoms with van der Waals surface area (Å²) >= 11 is 0. The van der Waals surface area contributed by atoms with Crippen LogP contribution in [-0.2, 0) is 0 Å². The van der Waals surface area contributed by atoms with Gasteiger partial charge in [0.15, 0.2) is 17.5 Å². The van der Waals surface area contributed by atoms with Crippen LogP contribution in [0, 0.1) is 5.82 Å². The number of benzene rings is 2. The lowest BCUT2D eigenvalue weighted by Gasteiger charge is -2.08. The molecule has 0 unspecified atom stereocenters. The minimum absolute atomic E-state index is 0.278. The number of nitrogens with zero attached hydrogens (tertiary/aromatic N) is 3. The molecule has 6 heteroatoms. The van der Waals surface area contributed by atoms with Gasteiger partial charge >= 0.3 is 0 Å². The van der Waals surface area contributed by atoms with E-state index in [0.29, 0.717) is 23.1 Å². The molecule has 0 aliphatic carbocycles. The Kier molecular flexibility index (Phi) is 5.12. The predicted octanol–water partition coefficient (Wildman–Crippen LogP) is 4.16. The number of nitrogens with two attached hydrogens (primary N) is 1. The van der Waals surface area contributed by atoms with Gasteiger partial charge in [-0.05, 0) is 23.3 Å². The third-order valence-corrected chi connectivity index (χ3v) is 3.72. The highest BCUT2D eigenvalue weighted by molar-refractivity contribution is 5.80. The molecule has 1 aromatic heterocycles. The molecule has 0 aliphatic rings. The first-order chi connectivity index (χ1) is 12.5. The Bertz CT molecular complexity index is 945. The summed E-state index contributed by atoms with van der Waals surface area (Å²) in [6, 6.07) is 16.2. The predicted molar refractivity (Wildman–Crippen MR) is 102 cm³/mol. The van der Waals surface area contributed by atoms with E-state index in [1.54, 1.807) is 43.3 Å². The van der Waals surface area contributed by atoms with Crippen molar-refractivity contribution < 1.29 is 8.91 Å². The fourth-order valence-electron chi connectivity index (χ4n) is 2.29. The molecule has 3 rings (SSSR count). The molecule has 0 saturated carbocycles. The summed E-state index contributed by atoms with van der Waals surface area (Å²) < 4.78 is 19.6. The molecule has 132 valence electrons. The molecule has 2 N–H and O–H groups in total. The molecule has 0 spiro atoms. The summed E-state index contributed by atoms with van der Waals surface area (Å²) in [6.45, 7) is 0. The Morgan fingerprint density at radius 2 is 1.88 bits per heavy atom. The molecular weight excluding hydrogens is 331 g/mol. The number of hydrogen-bond donors (Lipinski definition) is 1. The Hall–Kier alpha value is -3.41. The monoisotopic (exact) mass is 350 g/mol. The quantitative estimate of drug-likeness (QED) is 0.567. The molecule has 2 aromatic carbocycles. The smallest absolute Gasteiger partial charge is 0.199 e. The van der Waals surface area contributed by atoms with Gasteiger partial charge in [0, 0.05) is 25.7 Å². The molecular formula is C20H19FN4O. The highest BCUT2D eigenvalue weighted by Gasteiger charge is 2.05. The molecule has 0 aliphatic heterocycles. The number of aliphatic imine (C=N–C) groups is 1. The van der Waals surface area contributed by atoms with Gasteiger partial charge in [-0.2, -0.15) is 4.99 Å². The molecule has 3 aromatic rings. The van der Waals surface area contributed by atoms with Gasteiger partial charge in [0.25, 0.3) is 0 Å². The average molecular weight is 350 g/mol. The van der Waals surface area contributed by atoms with Crippen molar-refractivity contribution in [3.05, 3.63) is 71.7 Å². The van der Waals surface area contributed by atoms with E-state index in [-0.39, 0.29) is 5.82 Å². The van der Waals surface area contributed by atoms with Gasteiger partial charge in [-0.3, -0.25) is 0 Å². The zero-order valence-corrected chi connectivity index (χ0v) is 14.6. The van der Waals surface area contributed by atoms with Gasteiger partial charge in [0.2, 0.25) is 0 Å². The summed E-state index contributed by atoms with van der Waals surface area (Å²) in [7, 11) is 3.57. The maximum absolute atomic E-state index is 14.4. The fraction of sp³-hybridized carbons (Fsp3) is 0.100. The summed E-state index contributed by atoms with van der Waals surface area (Å²) in [5, 5.41) is 3.83. The average Bonchev–Trinajstić information content (AvgIpc) is 3.08. The highest BCUT2D eigenvalue weighted by atomic mass is 19.1. The van der Waals surface area contributed by atoms with Crippen molar-refractivity contribution in [1.29, 1.82) is 0 Å². The highest BCUT2D eigenvalue weighted by Crippen LogP contribution is 2.24. The molecule has 26 heavy (non-hydrogen) atoms. The molecule has 0 fully saturated rings. The van der Waals surface area contributed by atoms with E-state index in [4.69, 9.17) is 10.3 Å². The molecule has 0 radical (unpaired) electrons. The van der Waals surface area contributed by atoms with Crippen LogP contribution in [0.1, 0.15) is 11.3 Å². The first-order valence-electron chi connectivity index (χ1n) is 8.04. The zero-order chi connectivity index (χ0) is 18.5. The normalized spacial score (nSPS) is 11.9. The van der Waals surface area contributed by atoms with Gasteiger partial charge in [0.05, 0.1) is 0 Å². The van der Waals surface area contributed by atoms with Gasteiger partial charge in [0.1, 0.15) is 5.82 Å². The van der Waals surface area contributed by atoms with Crippen LogP contribution in [0.5, 0.6) is 0 Å². The number of halogens is 1. The van der Waals surface area contributed by atoms with Crippen LogP contribution in [0.2, 0.25) is 0 Å². The Morgan fingerprint density at radius 1 is 1.12 bits per heavy atom. The third kappa shape index (κ3) is 4.16. The fourth-order valence-corrected chi connectivity index (χ4v) is 2.29. The van der Waals surface area contributed by atoms with Crippen LogP contribution in [0.4, 0.5) is 10.2 Å². The first kappa shape index (κ1) is 17.4. The SMILES string of the molecule is CN(C)C(N)=Nc1cc(C=Cc2ccc(-c3ccccc3)c(F)c2)on1. The molecule has 0 atom stereocenters. The number of aromatic nitrogens is 1. The lowest BCUT2D eigenvalue weighted by molar-refractivity contribution is 0.415. The van der Waals surface area contributed by atoms with Crippen LogP contribution in [0.25, 0.3) is 23.3 Å². The van der Waals surface area contributed by atoms with Crippen molar-refractivity contribution in [2.75, 3.05) is 14.1 Å². The van der Waals surface area contributed by atoms with E-state index in [1.165, 1.54) is 6.07 Å². The summed E-state index contributed by atoms with van der Waals surface area (Å²) in [6.07, 6.45) is 3.45. The van der Waals surface area contributed by atoms with E-state index in [9.17, 15) is 4.39 Å². The summed E-state index contributed by atoms with van der Waals surface area (Å²) in [5.74, 6) is 0.927. The lowest BCUT2D eigenvalue weighted by atomic mass is 10.0. The van der Waals surface area contributed by atoms with Crippen molar-refractivity contribution in [2.24, 2.45) is 10.7 Å². The molecule has 0 bridgehead atoms. The van der Waals surface area contributed by atoms with Gasteiger partial charge in [-0.15, -0.1) is 0 Å². The van der Waals surface area contributed by atoms with E-state index >= 15 is 0 Å². The lowest BCUT2D eigenvalue weighted by Crippen LogP contribution is -2.29. The first-order valence-corrected chi connectivity index (χ1v) is 8.04. The Labute approximate surface area is 151 Å². The molecule has 5 nitrogen and oxygen atoms in total. The van der Waals surface area contributed by atoms with Crippen molar-refractivity contribution in [2.45, 2.75) is 0 Å². The van der Waals surface area contributed by atoms with Crippen molar-refractivity contribution >= 4 is 23.9 Å².